The first kappa shape index (κ1) is 6.80. The minimum atomic E-state index is 0.198. The monoisotopic (exact) mass is 162 g/mol. The molecule has 2 N–H and O–H groups in total. The van der Waals surface area contributed by atoms with E-state index in [1.807, 2.05) is 6.07 Å². The number of nitrogen functional groups attached to an aromatic ring is 1. The number of hydrogen-bond acceptors (Lipinski definition) is 4. The van der Waals surface area contributed by atoms with E-state index in [4.69, 9.17) is 20.5 Å². The van der Waals surface area contributed by atoms with Gasteiger partial charge in [-0.15, -0.1) is 0 Å². The van der Waals surface area contributed by atoms with Crippen LogP contribution in [0, 0.1) is 11.3 Å². The molecule has 0 unspecified atom stereocenters. The summed E-state index contributed by atoms with van der Waals surface area (Å²) in [6.45, 7) is 0.198. The van der Waals surface area contributed by atoms with Crippen LogP contribution in [0.2, 0.25) is 0 Å². The van der Waals surface area contributed by atoms with E-state index in [1.54, 1.807) is 12.1 Å². The topological polar surface area (TPSA) is 68.3 Å². The Labute approximate surface area is 69.1 Å². The molecule has 1 heterocycles. The van der Waals surface area contributed by atoms with Crippen LogP contribution < -0.4 is 15.2 Å². The molecule has 0 aliphatic carbocycles. The molecule has 0 bridgehead atoms. The van der Waals surface area contributed by atoms with Crippen molar-refractivity contribution in [3.63, 3.8) is 0 Å². The van der Waals surface area contributed by atoms with Gasteiger partial charge in [0.1, 0.15) is 6.07 Å². The lowest BCUT2D eigenvalue weighted by molar-refractivity contribution is 0.174. The Kier molecular flexibility index (Phi) is 1.31. The van der Waals surface area contributed by atoms with Gasteiger partial charge in [-0.3, -0.25) is 0 Å². The highest BCUT2D eigenvalue weighted by atomic mass is 16.7. The molecule has 0 atom stereocenters. The molecule has 0 aromatic heterocycles. The SMILES string of the molecule is N#Cc1cc2c(cc1N)OCO2. The van der Waals surface area contributed by atoms with Crippen LogP contribution >= 0.6 is 0 Å². The Morgan fingerprint density at radius 2 is 2.00 bits per heavy atom. The maximum absolute atomic E-state index is 8.62. The van der Waals surface area contributed by atoms with E-state index in [2.05, 4.69) is 0 Å². The van der Waals surface area contributed by atoms with E-state index in [0.717, 1.165) is 0 Å². The predicted octanol–water partition coefficient (Wildman–Crippen LogP) is 0.869. The fourth-order valence-electron chi connectivity index (χ4n) is 1.05. The number of rotatable bonds is 0. The van der Waals surface area contributed by atoms with E-state index in [9.17, 15) is 0 Å². The van der Waals surface area contributed by atoms with Crippen LogP contribution in [0.3, 0.4) is 0 Å². The molecule has 0 spiro atoms. The van der Waals surface area contributed by atoms with Gasteiger partial charge in [-0.2, -0.15) is 5.26 Å². The lowest BCUT2D eigenvalue weighted by atomic mass is 10.2. The van der Waals surface area contributed by atoms with Gasteiger partial charge in [-0.1, -0.05) is 0 Å². The number of nitriles is 1. The minimum absolute atomic E-state index is 0.198. The Balaban J connectivity index is 2.59. The molecule has 0 saturated carbocycles. The smallest absolute Gasteiger partial charge is 0.231 e. The molecular weight excluding hydrogens is 156 g/mol. The number of nitrogens with zero attached hydrogens (tertiary/aromatic N) is 1. The van der Waals surface area contributed by atoms with Crippen molar-refractivity contribution >= 4 is 5.69 Å². The van der Waals surface area contributed by atoms with Crippen molar-refractivity contribution in [2.24, 2.45) is 0 Å². The lowest BCUT2D eigenvalue weighted by Crippen LogP contribution is -1.92. The summed E-state index contributed by atoms with van der Waals surface area (Å²) in [6, 6.07) is 5.14. The molecule has 0 amide bonds. The van der Waals surface area contributed by atoms with Gasteiger partial charge in [0.05, 0.1) is 11.3 Å². The van der Waals surface area contributed by atoms with Crippen LogP contribution in [0.1, 0.15) is 5.56 Å². The van der Waals surface area contributed by atoms with Gasteiger partial charge in [-0.05, 0) is 0 Å². The van der Waals surface area contributed by atoms with Gasteiger partial charge in [0.2, 0.25) is 6.79 Å². The molecule has 4 nitrogen and oxygen atoms in total. The molecule has 12 heavy (non-hydrogen) atoms. The van der Waals surface area contributed by atoms with E-state index in [1.165, 1.54) is 0 Å². The third kappa shape index (κ3) is 0.839. The molecular formula is C8H6N2O2. The summed E-state index contributed by atoms with van der Waals surface area (Å²) in [4.78, 5) is 0. The summed E-state index contributed by atoms with van der Waals surface area (Å²) in [6.07, 6.45) is 0. The second-order valence-corrected chi connectivity index (χ2v) is 2.40. The normalized spacial score (nSPS) is 12.6. The van der Waals surface area contributed by atoms with Crippen LogP contribution in [-0.2, 0) is 0 Å². The van der Waals surface area contributed by atoms with E-state index < -0.39 is 0 Å². The van der Waals surface area contributed by atoms with Crippen molar-refractivity contribution in [2.75, 3.05) is 12.5 Å². The average molecular weight is 162 g/mol. The maximum Gasteiger partial charge on any atom is 0.231 e. The maximum atomic E-state index is 8.62. The fourth-order valence-corrected chi connectivity index (χ4v) is 1.05. The summed E-state index contributed by atoms with van der Waals surface area (Å²) in [5, 5.41) is 8.62. The molecule has 1 aliphatic rings. The molecule has 1 aromatic carbocycles. The third-order valence-corrected chi connectivity index (χ3v) is 1.67. The molecule has 0 saturated heterocycles. The molecule has 60 valence electrons. The molecule has 1 aliphatic heterocycles. The fraction of sp³-hybridized carbons (Fsp3) is 0.125. The molecule has 0 radical (unpaired) electrons. The van der Waals surface area contributed by atoms with Crippen molar-refractivity contribution in [1.29, 1.82) is 5.26 Å². The first-order valence-electron chi connectivity index (χ1n) is 3.40. The van der Waals surface area contributed by atoms with Crippen LogP contribution in [0.15, 0.2) is 12.1 Å². The van der Waals surface area contributed by atoms with Crippen molar-refractivity contribution < 1.29 is 9.47 Å². The summed E-state index contributed by atoms with van der Waals surface area (Å²) in [7, 11) is 0. The van der Waals surface area contributed by atoms with Gasteiger partial charge in [-0.25, -0.2) is 0 Å². The van der Waals surface area contributed by atoms with Crippen molar-refractivity contribution in [1.82, 2.24) is 0 Å². The Bertz CT molecular complexity index is 367. The zero-order chi connectivity index (χ0) is 8.55. The highest BCUT2D eigenvalue weighted by Gasteiger charge is 2.15. The summed E-state index contributed by atoms with van der Waals surface area (Å²) in [5.41, 5.74) is 6.38. The Morgan fingerprint density at radius 3 is 2.67 bits per heavy atom. The van der Waals surface area contributed by atoms with Gasteiger partial charge in [0.25, 0.3) is 0 Å². The standard InChI is InChI=1S/C8H6N2O2/c9-3-5-1-7-8(2-6(5)10)12-4-11-7/h1-2H,4,10H2. The number of nitrogens with two attached hydrogens (primary N) is 1. The Morgan fingerprint density at radius 1 is 1.33 bits per heavy atom. The van der Waals surface area contributed by atoms with Crippen molar-refractivity contribution in [3.05, 3.63) is 17.7 Å². The summed E-state index contributed by atoms with van der Waals surface area (Å²) >= 11 is 0. The zero-order valence-electron chi connectivity index (χ0n) is 6.20. The third-order valence-electron chi connectivity index (χ3n) is 1.67. The van der Waals surface area contributed by atoms with Gasteiger partial charge < -0.3 is 15.2 Å². The first-order valence-corrected chi connectivity index (χ1v) is 3.40. The number of benzene rings is 1. The number of fused-ring (bicyclic) bond motifs is 1. The highest BCUT2D eigenvalue weighted by molar-refractivity contribution is 5.62. The second-order valence-electron chi connectivity index (χ2n) is 2.40. The largest absolute Gasteiger partial charge is 0.454 e. The van der Waals surface area contributed by atoms with Crippen LogP contribution in [-0.4, -0.2) is 6.79 Å². The van der Waals surface area contributed by atoms with E-state index in [0.29, 0.717) is 22.7 Å². The lowest BCUT2D eigenvalue weighted by Gasteiger charge is -1.98. The Hall–Kier alpha value is -1.89. The average Bonchev–Trinajstić information content (AvgIpc) is 2.49. The second kappa shape index (κ2) is 2.31. The zero-order valence-corrected chi connectivity index (χ0v) is 6.20. The first-order chi connectivity index (χ1) is 5.81. The number of hydrogen-bond donors (Lipinski definition) is 1. The molecule has 1 aromatic rings. The highest BCUT2D eigenvalue weighted by Crippen LogP contribution is 2.35. The van der Waals surface area contributed by atoms with Crippen LogP contribution in [0.25, 0.3) is 0 Å². The van der Waals surface area contributed by atoms with Crippen LogP contribution in [0.4, 0.5) is 5.69 Å². The van der Waals surface area contributed by atoms with E-state index in [-0.39, 0.29) is 6.79 Å². The van der Waals surface area contributed by atoms with Crippen LogP contribution in [0.5, 0.6) is 11.5 Å². The summed E-state index contributed by atoms with van der Waals surface area (Å²) < 4.78 is 10.1. The molecule has 0 fully saturated rings. The van der Waals surface area contributed by atoms with Gasteiger partial charge in [0, 0.05) is 12.1 Å². The van der Waals surface area contributed by atoms with Gasteiger partial charge >= 0.3 is 0 Å². The quantitative estimate of drug-likeness (QED) is 0.574. The molecule has 2 rings (SSSR count). The number of ether oxygens (including phenoxy) is 2. The van der Waals surface area contributed by atoms with E-state index >= 15 is 0 Å². The van der Waals surface area contributed by atoms with Gasteiger partial charge in [0.15, 0.2) is 11.5 Å². The number of anilines is 1. The molecule has 4 heteroatoms. The summed E-state index contributed by atoms with van der Waals surface area (Å²) in [5.74, 6) is 1.19. The minimum Gasteiger partial charge on any atom is -0.454 e. The predicted molar refractivity (Wildman–Crippen MR) is 41.7 cm³/mol. The van der Waals surface area contributed by atoms with Crippen molar-refractivity contribution in [3.8, 4) is 17.6 Å². The van der Waals surface area contributed by atoms with Crippen molar-refractivity contribution in [2.45, 2.75) is 0 Å².